The third-order valence-corrected chi connectivity index (χ3v) is 3.67. The number of nitrogens with one attached hydrogen (secondary N) is 1. The van der Waals surface area contributed by atoms with Crippen LogP contribution in [0.2, 0.25) is 0 Å². The van der Waals surface area contributed by atoms with Gasteiger partial charge in [0.2, 0.25) is 5.91 Å². The first-order valence-electron chi connectivity index (χ1n) is 7.71. The number of rotatable bonds is 7. The molecule has 0 bridgehead atoms. The molecule has 2 atom stereocenters. The number of carbonyl (C=O) groups is 2. The third kappa shape index (κ3) is 6.61. The van der Waals surface area contributed by atoms with Gasteiger partial charge < -0.3 is 19.9 Å². The molecule has 0 saturated carbocycles. The number of ether oxygens (including phenoxy) is 2. The van der Waals surface area contributed by atoms with Crippen molar-refractivity contribution in [3.8, 4) is 5.75 Å². The predicted molar refractivity (Wildman–Crippen MR) is 79.9 cm³/mol. The number of amides is 1. The Bertz CT molecular complexity index is 597. The molecule has 0 aliphatic carbocycles. The topological polar surface area (TPSA) is 84.9 Å². The van der Waals surface area contributed by atoms with Gasteiger partial charge in [-0.05, 0) is 30.5 Å². The summed E-state index contributed by atoms with van der Waals surface area (Å²) in [6.45, 7) is 0.594. The van der Waals surface area contributed by atoms with E-state index in [2.05, 4.69) is 10.1 Å². The van der Waals surface area contributed by atoms with Crippen LogP contribution in [0.1, 0.15) is 37.3 Å². The fraction of sp³-hybridized carbons (Fsp3) is 0.500. The van der Waals surface area contributed by atoms with Crippen LogP contribution in [0.3, 0.4) is 0 Å². The van der Waals surface area contributed by atoms with Crippen molar-refractivity contribution in [2.45, 2.75) is 44.2 Å². The number of carboxylic acids is 1. The molecule has 25 heavy (non-hydrogen) atoms. The maximum atomic E-state index is 12.2. The van der Waals surface area contributed by atoms with Gasteiger partial charge in [-0.25, -0.2) is 0 Å². The van der Waals surface area contributed by atoms with E-state index in [1.54, 1.807) is 0 Å². The average Bonchev–Trinajstić information content (AvgIpc) is 2.98. The summed E-state index contributed by atoms with van der Waals surface area (Å²) >= 11 is 0. The Hall–Kier alpha value is -2.29. The quantitative estimate of drug-likeness (QED) is 0.780. The summed E-state index contributed by atoms with van der Waals surface area (Å²) in [4.78, 5) is 23.1. The van der Waals surface area contributed by atoms with Gasteiger partial charge in [0.05, 0.1) is 25.0 Å². The summed E-state index contributed by atoms with van der Waals surface area (Å²) in [5.41, 5.74) is 0.373. The van der Waals surface area contributed by atoms with Crippen LogP contribution in [0.5, 0.6) is 5.75 Å². The van der Waals surface area contributed by atoms with Gasteiger partial charge in [0.1, 0.15) is 5.75 Å². The molecule has 2 N–H and O–H groups in total. The van der Waals surface area contributed by atoms with Crippen molar-refractivity contribution >= 4 is 11.9 Å². The van der Waals surface area contributed by atoms with E-state index in [4.69, 9.17) is 9.84 Å². The van der Waals surface area contributed by atoms with Crippen LogP contribution in [-0.4, -0.2) is 36.1 Å². The van der Waals surface area contributed by atoms with E-state index in [0.717, 1.165) is 25.0 Å². The highest BCUT2D eigenvalue weighted by Gasteiger charge is 2.31. The van der Waals surface area contributed by atoms with Crippen molar-refractivity contribution < 1.29 is 37.3 Å². The minimum atomic E-state index is -4.81. The van der Waals surface area contributed by atoms with E-state index in [1.807, 2.05) is 0 Å². The second-order valence-corrected chi connectivity index (χ2v) is 5.67. The molecule has 0 spiro atoms. The summed E-state index contributed by atoms with van der Waals surface area (Å²) < 4.78 is 45.6. The van der Waals surface area contributed by atoms with Crippen molar-refractivity contribution in [3.63, 3.8) is 0 Å². The van der Waals surface area contributed by atoms with Gasteiger partial charge in [0.15, 0.2) is 0 Å². The lowest BCUT2D eigenvalue weighted by atomic mass is 10.0. The lowest BCUT2D eigenvalue weighted by molar-refractivity contribution is -0.274. The largest absolute Gasteiger partial charge is 0.573 e. The number of carbonyl (C=O) groups excluding carboxylic acids is 1. The molecule has 6 nitrogen and oxygen atoms in total. The fourth-order valence-electron chi connectivity index (χ4n) is 2.59. The molecule has 1 amide bonds. The van der Waals surface area contributed by atoms with Gasteiger partial charge in [-0.1, -0.05) is 12.1 Å². The summed E-state index contributed by atoms with van der Waals surface area (Å²) in [6, 6.07) is 3.88. The molecule has 1 aliphatic heterocycles. The summed E-state index contributed by atoms with van der Waals surface area (Å²) in [6.07, 6.45) is -3.63. The minimum Gasteiger partial charge on any atom is -0.481 e. The third-order valence-electron chi connectivity index (χ3n) is 3.67. The zero-order chi connectivity index (χ0) is 18.4. The maximum absolute atomic E-state index is 12.2. The van der Waals surface area contributed by atoms with E-state index < -0.39 is 30.5 Å². The Kier molecular flexibility index (Phi) is 6.24. The van der Waals surface area contributed by atoms with E-state index in [-0.39, 0.29) is 18.4 Å². The smallest absolute Gasteiger partial charge is 0.481 e. The first-order valence-corrected chi connectivity index (χ1v) is 7.71. The number of hydrogen-bond acceptors (Lipinski definition) is 4. The highest BCUT2D eigenvalue weighted by Crippen LogP contribution is 2.26. The van der Waals surface area contributed by atoms with E-state index in [1.165, 1.54) is 12.1 Å². The monoisotopic (exact) mass is 361 g/mol. The number of benzene rings is 1. The minimum absolute atomic E-state index is 0.116. The second kappa shape index (κ2) is 8.19. The first kappa shape index (κ1) is 19.0. The normalized spacial score (nSPS) is 18.6. The van der Waals surface area contributed by atoms with E-state index >= 15 is 0 Å². The maximum Gasteiger partial charge on any atom is 0.573 e. The summed E-state index contributed by atoms with van der Waals surface area (Å²) in [5, 5.41) is 11.6. The molecule has 2 rings (SSSR count). The standard InChI is InChI=1S/C16H18F3NO5/c17-16(18,19)25-11-5-3-10(4-6-11)13(9-15(22)23)20-14(21)8-12-2-1-7-24-12/h3-6,12-13H,1-2,7-9H2,(H,20,21)(H,22,23)/t12-,13+/m1/s1. The number of hydrogen-bond donors (Lipinski definition) is 2. The van der Waals surface area contributed by atoms with Crippen LogP contribution in [0, 0.1) is 0 Å². The Labute approximate surface area is 141 Å². The zero-order valence-corrected chi connectivity index (χ0v) is 13.2. The molecule has 1 fully saturated rings. The molecular weight excluding hydrogens is 343 g/mol. The molecule has 1 heterocycles. The Balaban J connectivity index is 2.02. The molecule has 1 saturated heterocycles. The predicted octanol–water partition coefficient (Wildman–Crippen LogP) is 2.79. The summed E-state index contributed by atoms with van der Waals surface area (Å²) in [7, 11) is 0. The van der Waals surface area contributed by atoms with Gasteiger partial charge in [-0.15, -0.1) is 13.2 Å². The van der Waals surface area contributed by atoms with E-state index in [9.17, 15) is 22.8 Å². The molecular formula is C16H18F3NO5. The van der Waals surface area contributed by atoms with Gasteiger partial charge >= 0.3 is 12.3 Å². The van der Waals surface area contributed by atoms with Gasteiger partial charge in [0.25, 0.3) is 0 Å². The van der Waals surface area contributed by atoms with Crippen LogP contribution < -0.4 is 10.1 Å². The zero-order valence-electron chi connectivity index (χ0n) is 13.2. The number of aliphatic carboxylic acids is 1. The highest BCUT2D eigenvalue weighted by atomic mass is 19.4. The lowest BCUT2D eigenvalue weighted by Gasteiger charge is -2.19. The van der Waals surface area contributed by atoms with Crippen LogP contribution in [0.15, 0.2) is 24.3 Å². The van der Waals surface area contributed by atoms with Crippen molar-refractivity contribution in [3.05, 3.63) is 29.8 Å². The van der Waals surface area contributed by atoms with Gasteiger partial charge in [-0.3, -0.25) is 9.59 Å². The lowest BCUT2D eigenvalue weighted by Crippen LogP contribution is -2.32. The van der Waals surface area contributed by atoms with Crippen molar-refractivity contribution in [1.29, 1.82) is 0 Å². The van der Waals surface area contributed by atoms with Crippen LogP contribution in [0.4, 0.5) is 13.2 Å². The molecule has 9 heteroatoms. The number of alkyl halides is 3. The average molecular weight is 361 g/mol. The van der Waals surface area contributed by atoms with E-state index in [0.29, 0.717) is 12.2 Å². The van der Waals surface area contributed by atoms with Crippen LogP contribution in [-0.2, 0) is 14.3 Å². The number of carboxylic acid groups (broad SMARTS) is 1. The molecule has 0 aromatic heterocycles. The van der Waals surface area contributed by atoms with Crippen molar-refractivity contribution in [1.82, 2.24) is 5.32 Å². The van der Waals surface area contributed by atoms with Gasteiger partial charge in [-0.2, -0.15) is 0 Å². The molecule has 0 unspecified atom stereocenters. The van der Waals surface area contributed by atoms with Crippen molar-refractivity contribution in [2.75, 3.05) is 6.61 Å². The fourth-order valence-corrected chi connectivity index (χ4v) is 2.59. The molecule has 0 radical (unpaired) electrons. The second-order valence-electron chi connectivity index (χ2n) is 5.67. The Morgan fingerprint density at radius 3 is 2.52 bits per heavy atom. The molecule has 1 aliphatic rings. The van der Waals surface area contributed by atoms with Crippen LogP contribution >= 0.6 is 0 Å². The first-order chi connectivity index (χ1) is 11.7. The Morgan fingerprint density at radius 1 is 1.32 bits per heavy atom. The summed E-state index contributed by atoms with van der Waals surface area (Å²) in [5.74, 6) is -1.93. The molecule has 1 aromatic rings. The highest BCUT2D eigenvalue weighted by molar-refractivity contribution is 5.78. The number of halogens is 3. The molecule has 138 valence electrons. The molecule has 1 aromatic carbocycles. The van der Waals surface area contributed by atoms with Crippen LogP contribution in [0.25, 0.3) is 0 Å². The Morgan fingerprint density at radius 2 is 2.00 bits per heavy atom. The van der Waals surface area contributed by atoms with Gasteiger partial charge in [0, 0.05) is 6.61 Å². The SMILES string of the molecule is O=C(O)C[C@H](NC(=O)C[C@H]1CCCO1)c1ccc(OC(F)(F)F)cc1. The van der Waals surface area contributed by atoms with Crippen molar-refractivity contribution in [2.24, 2.45) is 0 Å².